The van der Waals surface area contributed by atoms with E-state index in [1.54, 1.807) is 0 Å². The van der Waals surface area contributed by atoms with E-state index in [1.807, 2.05) is 0 Å². The van der Waals surface area contributed by atoms with Gasteiger partial charge < -0.3 is 28.8 Å². The second-order valence-electron chi connectivity index (χ2n) is 13.3. The van der Waals surface area contributed by atoms with E-state index in [-0.39, 0.29) is 5.75 Å². The van der Waals surface area contributed by atoms with Crippen LogP contribution in [0.15, 0.2) is 48.5 Å². The predicted molar refractivity (Wildman–Crippen MR) is 180 cm³/mol. The summed E-state index contributed by atoms with van der Waals surface area (Å²) in [6.07, 6.45) is -19.9. The molecule has 0 aliphatic heterocycles. The number of esters is 1. The fourth-order valence-electron chi connectivity index (χ4n) is 5.16. The van der Waals surface area contributed by atoms with Gasteiger partial charge in [-0.1, -0.05) is 0 Å². The van der Waals surface area contributed by atoms with E-state index in [1.165, 1.54) is 20.8 Å². The maximum absolute atomic E-state index is 14.3. The number of rotatable bonds is 8. The van der Waals surface area contributed by atoms with Gasteiger partial charge in [-0.3, -0.25) is 0 Å². The van der Waals surface area contributed by atoms with Crippen LogP contribution in [0, 0.1) is 39.3 Å². The predicted octanol–water partition coefficient (Wildman–Crippen LogP) is 13.0. The van der Waals surface area contributed by atoms with Crippen LogP contribution < -0.4 is 18.9 Å². The molecule has 0 atom stereocenters. The Morgan fingerprint density at radius 2 is 0.800 bits per heavy atom. The number of alkyl halides is 12. The van der Waals surface area contributed by atoms with Crippen molar-refractivity contribution in [3.63, 3.8) is 0 Å². The number of carbonyl (C=O) groups excluding carboxylic acids is 1. The van der Waals surface area contributed by atoms with Crippen LogP contribution in [0.4, 0.5) is 61.5 Å². The highest BCUT2D eigenvalue weighted by molar-refractivity contribution is 5.95. The molecule has 0 aliphatic rings. The summed E-state index contributed by atoms with van der Waals surface area (Å²) < 4.78 is 204. The molecule has 0 aromatic heterocycles. The Kier molecular flexibility index (Phi) is 14.0. The van der Waals surface area contributed by atoms with Crippen LogP contribution in [0.2, 0.25) is 0 Å². The molecular weight excluding hydrogens is 850 g/mol. The van der Waals surface area contributed by atoms with Crippen LogP contribution in [0.25, 0.3) is 0 Å². The quantitative estimate of drug-likeness (QED) is 0.138. The number of hydrogen-bond donors (Lipinski definition) is 1. The summed E-state index contributed by atoms with van der Waals surface area (Å²) in [5, 5.41) is 9.24. The number of benzene rings is 4. The first-order chi connectivity index (χ1) is 27.1. The Labute approximate surface area is 330 Å². The number of carboxylic acids is 1. The van der Waals surface area contributed by atoms with Crippen LogP contribution in [0.3, 0.4) is 0 Å². The average molecular weight is 881 g/mol. The van der Waals surface area contributed by atoms with Gasteiger partial charge in [-0.25, -0.2) is 18.4 Å². The van der Waals surface area contributed by atoms with Crippen LogP contribution in [-0.4, -0.2) is 35.4 Å². The molecule has 22 heteroatoms. The Morgan fingerprint density at radius 3 is 1.12 bits per heavy atom. The summed E-state index contributed by atoms with van der Waals surface area (Å²) in [6, 6.07) is 5.90. The minimum Gasteiger partial charge on any atom is -0.478 e. The molecule has 4 aromatic rings. The summed E-state index contributed by atoms with van der Waals surface area (Å²) >= 11 is 0. The molecule has 4 rings (SSSR count). The molecule has 8 nitrogen and oxygen atoms in total. The zero-order chi connectivity index (χ0) is 46.1. The lowest BCUT2D eigenvalue weighted by Gasteiger charge is -2.23. The smallest absolute Gasteiger partial charge is 0.478 e. The van der Waals surface area contributed by atoms with E-state index in [0.717, 1.165) is 52.0 Å². The summed E-state index contributed by atoms with van der Waals surface area (Å²) in [5.41, 5.74) is -6.72. The molecule has 0 saturated heterocycles. The normalized spacial score (nSPS) is 12.3. The molecule has 0 amide bonds. The van der Waals surface area contributed by atoms with E-state index in [0.29, 0.717) is 24.3 Å². The Bertz CT molecular complexity index is 2250. The number of carbonyl (C=O) groups is 2. The van der Waals surface area contributed by atoms with Crippen LogP contribution >= 0.6 is 0 Å². The number of ether oxygens (including phenoxy) is 5. The molecule has 4 aromatic carbocycles. The van der Waals surface area contributed by atoms with Crippen molar-refractivity contribution in [2.24, 2.45) is 0 Å². The number of aromatic carboxylic acids is 1. The molecule has 328 valence electrons. The Balaban J connectivity index is 0.000000323. The molecule has 1 N–H and O–H groups in total. The maximum atomic E-state index is 14.3. The monoisotopic (exact) mass is 880 g/mol. The molecule has 0 radical (unpaired) electrons. The molecule has 0 bridgehead atoms. The third kappa shape index (κ3) is 12.3. The van der Waals surface area contributed by atoms with Crippen LogP contribution in [0.1, 0.15) is 74.9 Å². The van der Waals surface area contributed by atoms with Gasteiger partial charge in [0.05, 0.1) is 11.1 Å². The topological polar surface area (TPSA) is 101 Å². The van der Waals surface area contributed by atoms with E-state index in [2.05, 4.69) is 9.47 Å². The highest BCUT2D eigenvalue weighted by Gasteiger charge is 2.38. The fourth-order valence-corrected chi connectivity index (χ4v) is 5.16. The first-order valence-electron chi connectivity index (χ1n) is 16.5. The first kappa shape index (κ1) is 48.4. The SMILES string of the molecule is Cc1c(Oc2ccc(C(F)(F)F)c(C)c2C(=O)O)ccc(OC(F)(F)F)c1F.Cc1c(Oc2ccc(C(F)(F)F)c(C)c2C(=O)OC(C)(C)C)ccc(OC(F)(F)F)c1F. The van der Waals surface area contributed by atoms with E-state index >= 15 is 0 Å². The van der Waals surface area contributed by atoms with Gasteiger partial charge in [-0.05, 0) is 108 Å². The lowest BCUT2D eigenvalue weighted by atomic mass is 10.00. The number of carboxylic acid groups (broad SMARTS) is 1. The number of hydrogen-bond acceptors (Lipinski definition) is 7. The number of halogens is 14. The van der Waals surface area contributed by atoms with E-state index in [9.17, 15) is 76.2 Å². The van der Waals surface area contributed by atoms with Crippen molar-refractivity contribution in [1.82, 2.24) is 0 Å². The molecule has 0 saturated carbocycles. The largest absolute Gasteiger partial charge is 0.573 e. The zero-order valence-corrected chi connectivity index (χ0v) is 31.7. The molecule has 0 fully saturated rings. The first-order valence-corrected chi connectivity index (χ1v) is 16.5. The summed E-state index contributed by atoms with van der Waals surface area (Å²) in [7, 11) is 0. The highest BCUT2D eigenvalue weighted by Crippen LogP contribution is 2.42. The highest BCUT2D eigenvalue weighted by atomic mass is 19.4. The zero-order valence-electron chi connectivity index (χ0n) is 31.7. The third-order valence-electron chi connectivity index (χ3n) is 7.77. The summed E-state index contributed by atoms with van der Waals surface area (Å²) in [6.45, 7) is 8.60. The van der Waals surface area contributed by atoms with Crippen molar-refractivity contribution >= 4 is 11.9 Å². The van der Waals surface area contributed by atoms with Gasteiger partial charge in [0.15, 0.2) is 23.1 Å². The molecule has 0 heterocycles. The molecule has 60 heavy (non-hydrogen) atoms. The summed E-state index contributed by atoms with van der Waals surface area (Å²) in [5.74, 6) is -9.56. The van der Waals surface area contributed by atoms with Crippen molar-refractivity contribution in [3.05, 3.63) is 105 Å². The van der Waals surface area contributed by atoms with Gasteiger partial charge in [0.25, 0.3) is 0 Å². The van der Waals surface area contributed by atoms with Gasteiger partial charge in [0.1, 0.15) is 39.7 Å². The van der Waals surface area contributed by atoms with Crippen molar-refractivity contribution in [2.75, 3.05) is 0 Å². The van der Waals surface area contributed by atoms with Crippen molar-refractivity contribution in [1.29, 1.82) is 0 Å². The summed E-state index contributed by atoms with van der Waals surface area (Å²) in [4.78, 5) is 24.1. The van der Waals surface area contributed by atoms with Gasteiger partial charge in [-0.15, -0.1) is 26.3 Å². The van der Waals surface area contributed by atoms with Gasteiger partial charge in [0, 0.05) is 11.1 Å². The van der Waals surface area contributed by atoms with Crippen LogP contribution in [0.5, 0.6) is 34.5 Å². The lowest BCUT2D eigenvalue weighted by Crippen LogP contribution is -2.25. The van der Waals surface area contributed by atoms with Gasteiger partial charge in [-0.2, -0.15) is 26.3 Å². The standard InChI is InChI=1S/C21H19F7O4.C17H11F7O4/c1-10-12(20(23,24)25)6-7-14(16(10)18(29)32-19(3,4)5)30-13-8-9-15(17(22)11(13)2)31-21(26,27)28;1-7-9(16(19,20)21)3-4-11(13(7)15(25)26)27-10-5-6-12(14(18)8(10)2)28-17(22,23)24/h6-9H,1-5H3;3-6H,1-2H3,(H,25,26). The second kappa shape index (κ2) is 17.3. The molecule has 0 unspecified atom stereocenters. The van der Waals surface area contributed by atoms with Crippen molar-refractivity contribution in [3.8, 4) is 34.5 Å². The van der Waals surface area contributed by atoms with E-state index in [4.69, 9.17) is 14.2 Å². The minimum absolute atomic E-state index is 0.332. The van der Waals surface area contributed by atoms with E-state index < -0.39 is 128 Å². The third-order valence-corrected chi connectivity index (χ3v) is 7.77. The fraction of sp³-hybridized carbons (Fsp3) is 0.316. The van der Waals surface area contributed by atoms with Crippen LogP contribution in [-0.2, 0) is 17.1 Å². The van der Waals surface area contributed by atoms with Crippen molar-refractivity contribution in [2.45, 2.75) is 79.1 Å². The maximum Gasteiger partial charge on any atom is 0.573 e. The second-order valence-corrected chi connectivity index (χ2v) is 13.3. The van der Waals surface area contributed by atoms with Gasteiger partial charge >= 0.3 is 37.0 Å². The minimum atomic E-state index is -5.14. The Morgan fingerprint density at radius 1 is 0.483 bits per heavy atom. The van der Waals surface area contributed by atoms with Crippen molar-refractivity contribution < 1.29 is 99.8 Å². The van der Waals surface area contributed by atoms with Gasteiger partial charge in [0.2, 0.25) is 0 Å². The molecule has 0 aliphatic carbocycles. The molecular formula is C38H30F14O8. The molecule has 0 spiro atoms. The Hall–Kier alpha value is -5.96. The lowest BCUT2D eigenvalue weighted by molar-refractivity contribution is -0.276. The average Bonchev–Trinajstić information content (AvgIpc) is 3.05.